The van der Waals surface area contributed by atoms with Crippen LogP contribution in [0.1, 0.15) is 0 Å². The van der Waals surface area contributed by atoms with Gasteiger partial charge in [0.05, 0.1) is 0 Å². The van der Waals surface area contributed by atoms with Gasteiger partial charge in [0.1, 0.15) is 0 Å². The SMILES string of the molecule is [Co+2].[c-]1ccccn1.[c-]1ccccn1. The van der Waals surface area contributed by atoms with Gasteiger partial charge in [-0.25, -0.2) is 0 Å². The van der Waals surface area contributed by atoms with Crippen molar-refractivity contribution in [2.24, 2.45) is 0 Å². The molecule has 2 heterocycles. The van der Waals surface area contributed by atoms with Crippen LogP contribution in [0.15, 0.2) is 48.8 Å². The number of nitrogens with zero attached hydrogens (tertiary/aromatic N) is 2. The molecule has 67 valence electrons. The Balaban J connectivity index is 0.000000206. The van der Waals surface area contributed by atoms with E-state index in [-0.39, 0.29) is 16.8 Å². The van der Waals surface area contributed by atoms with E-state index in [1.165, 1.54) is 0 Å². The Morgan fingerprint density at radius 2 is 1.15 bits per heavy atom. The molecule has 13 heavy (non-hydrogen) atoms. The van der Waals surface area contributed by atoms with Gasteiger partial charge in [-0.3, -0.25) is 0 Å². The maximum Gasteiger partial charge on any atom is 2.00 e. The molecule has 0 unspecified atom stereocenters. The zero-order valence-electron chi connectivity index (χ0n) is 6.85. The molecule has 2 aromatic heterocycles. The number of pyridine rings is 2. The van der Waals surface area contributed by atoms with Gasteiger partial charge < -0.3 is 9.97 Å². The topological polar surface area (TPSA) is 25.8 Å². The van der Waals surface area contributed by atoms with Crippen molar-refractivity contribution in [2.75, 3.05) is 0 Å². The predicted octanol–water partition coefficient (Wildman–Crippen LogP) is 1.76. The van der Waals surface area contributed by atoms with E-state index in [9.17, 15) is 0 Å². The normalized spacial score (nSPS) is 7.38. The molecule has 0 aliphatic heterocycles. The van der Waals surface area contributed by atoms with Crippen LogP contribution in [-0.2, 0) is 16.8 Å². The molecule has 0 atom stereocenters. The minimum absolute atomic E-state index is 0. The molecular weight excluding hydrogens is 207 g/mol. The van der Waals surface area contributed by atoms with Crippen LogP contribution in [0.4, 0.5) is 0 Å². The maximum atomic E-state index is 3.66. The van der Waals surface area contributed by atoms with Gasteiger partial charge in [0, 0.05) is 0 Å². The average molecular weight is 215 g/mol. The molecule has 2 aromatic rings. The molecule has 0 aliphatic rings. The van der Waals surface area contributed by atoms with E-state index in [1.54, 1.807) is 24.5 Å². The Morgan fingerprint density at radius 3 is 1.23 bits per heavy atom. The van der Waals surface area contributed by atoms with E-state index in [4.69, 9.17) is 0 Å². The first kappa shape index (κ1) is 11.8. The minimum Gasteiger partial charge on any atom is -0.394 e. The summed E-state index contributed by atoms with van der Waals surface area (Å²) in [6, 6.07) is 11.0. The van der Waals surface area contributed by atoms with E-state index >= 15 is 0 Å². The van der Waals surface area contributed by atoms with Crippen LogP contribution in [-0.4, -0.2) is 9.97 Å². The van der Waals surface area contributed by atoms with E-state index in [0.717, 1.165) is 0 Å². The first-order chi connectivity index (χ1) is 6.00. The van der Waals surface area contributed by atoms with Crippen molar-refractivity contribution in [3.05, 3.63) is 61.2 Å². The average Bonchev–Trinajstić information content (AvgIpc) is 2.24. The molecule has 0 N–H and O–H groups in total. The largest absolute Gasteiger partial charge is 2.00 e. The summed E-state index contributed by atoms with van der Waals surface area (Å²) in [5.74, 6) is 0. The molecule has 0 bridgehead atoms. The summed E-state index contributed by atoms with van der Waals surface area (Å²) in [6.07, 6.45) is 8.67. The molecule has 0 saturated carbocycles. The number of hydrogen-bond donors (Lipinski definition) is 0. The minimum atomic E-state index is 0. The van der Waals surface area contributed by atoms with Crippen LogP contribution in [0.5, 0.6) is 0 Å². The maximum absolute atomic E-state index is 3.66. The fourth-order valence-electron chi connectivity index (χ4n) is 0.555. The first-order valence-corrected chi connectivity index (χ1v) is 3.54. The second-order valence-electron chi connectivity index (χ2n) is 1.92. The molecule has 0 aliphatic carbocycles. The third kappa shape index (κ3) is 7.18. The molecule has 2 nitrogen and oxygen atoms in total. The number of hydrogen-bond acceptors (Lipinski definition) is 2. The van der Waals surface area contributed by atoms with Crippen molar-refractivity contribution < 1.29 is 16.8 Å². The third-order valence-corrected chi connectivity index (χ3v) is 1.03. The van der Waals surface area contributed by atoms with Crippen molar-refractivity contribution in [1.82, 2.24) is 9.97 Å². The van der Waals surface area contributed by atoms with Gasteiger partial charge in [-0.15, -0.1) is 0 Å². The van der Waals surface area contributed by atoms with Crippen molar-refractivity contribution in [3.8, 4) is 0 Å². The third-order valence-electron chi connectivity index (χ3n) is 1.03. The van der Waals surface area contributed by atoms with Crippen LogP contribution in [0.25, 0.3) is 0 Å². The molecule has 2 rings (SSSR count). The molecule has 0 aromatic carbocycles. The van der Waals surface area contributed by atoms with Crippen molar-refractivity contribution in [3.63, 3.8) is 0 Å². The Bertz CT molecular complexity index is 188. The fourth-order valence-corrected chi connectivity index (χ4v) is 0.555. The quantitative estimate of drug-likeness (QED) is 0.626. The summed E-state index contributed by atoms with van der Waals surface area (Å²) in [6.45, 7) is 0. The summed E-state index contributed by atoms with van der Waals surface area (Å²) >= 11 is 0. The van der Waals surface area contributed by atoms with Crippen LogP contribution < -0.4 is 0 Å². The Hall–Kier alpha value is -1.19. The monoisotopic (exact) mass is 215 g/mol. The first-order valence-electron chi connectivity index (χ1n) is 3.54. The number of rotatable bonds is 0. The molecule has 0 amide bonds. The van der Waals surface area contributed by atoms with Gasteiger partial charge in [0.2, 0.25) is 0 Å². The van der Waals surface area contributed by atoms with Crippen molar-refractivity contribution in [1.29, 1.82) is 0 Å². The van der Waals surface area contributed by atoms with Crippen molar-refractivity contribution in [2.45, 2.75) is 0 Å². The molecule has 0 saturated heterocycles. The van der Waals surface area contributed by atoms with Gasteiger partial charge in [-0.05, 0) is 0 Å². The molecule has 0 fully saturated rings. The fraction of sp³-hybridized carbons (Fsp3) is 0. The smallest absolute Gasteiger partial charge is 0.394 e. The summed E-state index contributed by atoms with van der Waals surface area (Å²) in [5, 5.41) is 0. The van der Waals surface area contributed by atoms with Crippen LogP contribution in [0, 0.1) is 12.4 Å². The zero-order chi connectivity index (χ0) is 8.49. The standard InChI is InChI=1S/2C5H4N.Co/c2*1-2-4-6-5-3-1;/h2*1-4H;/q2*-1;+2. The van der Waals surface area contributed by atoms with Gasteiger partial charge in [-0.1, -0.05) is 24.8 Å². The zero-order valence-corrected chi connectivity index (χ0v) is 7.89. The predicted molar refractivity (Wildman–Crippen MR) is 46.1 cm³/mol. The number of aromatic nitrogens is 2. The van der Waals surface area contributed by atoms with E-state index in [2.05, 4.69) is 22.4 Å². The second-order valence-corrected chi connectivity index (χ2v) is 1.92. The van der Waals surface area contributed by atoms with Crippen LogP contribution in [0.3, 0.4) is 0 Å². The van der Waals surface area contributed by atoms with Gasteiger partial charge in [0.15, 0.2) is 0 Å². The molecular formula is C10H8CoN2. The van der Waals surface area contributed by atoms with E-state index in [1.807, 2.05) is 24.3 Å². The summed E-state index contributed by atoms with van der Waals surface area (Å²) in [7, 11) is 0. The van der Waals surface area contributed by atoms with Gasteiger partial charge in [-0.2, -0.15) is 36.4 Å². The van der Waals surface area contributed by atoms with Gasteiger partial charge in [0.25, 0.3) is 0 Å². The van der Waals surface area contributed by atoms with Crippen LogP contribution in [0.2, 0.25) is 0 Å². The summed E-state index contributed by atoms with van der Waals surface area (Å²) in [4.78, 5) is 7.32. The molecule has 3 heteroatoms. The van der Waals surface area contributed by atoms with Gasteiger partial charge >= 0.3 is 16.8 Å². The Morgan fingerprint density at radius 1 is 0.692 bits per heavy atom. The molecule has 0 spiro atoms. The van der Waals surface area contributed by atoms with Crippen molar-refractivity contribution >= 4 is 0 Å². The summed E-state index contributed by atoms with van der Waals surface area (Å²) in [5.41, 5.74) is 0. The van der Waals surface area contributed by atoms with E-state index < -0.39 is 0 Å². The summed E-state index contributed by atoms with van der Waals surface area (Å²) < 4.78 is 0. The molecule has 1 radical (unpaired) electrons. The van der Waals surface area contributed by atoms with Crippen LogP contribution >= 0.6 is 0 Å². The Labute approximate surface area is 88.3 Å². The van der Waals surface area contributed by atoms with E-state index in [0.29, 0.717) is 0 Å². The Kier molecular flexibility index (Phi) is 8.08. The second kappa shape index (κ2) is 8.90.